The summed E-state index contributed by atoms with van der Waals surface area (Å²) in [6.07, 6.45) is 2.84. The number of nitrogens with two attached hydrogens (primary N) is 1. The molecule has 13 nitrogen and oxygen atoms in total. The lowest BCUT2D eigenvalue weighted by Crippen LogP contribution is -2.29. The fraction of sp³-hybridized carbons (Fsp3) is 0.161. The minimum atomic E-state index is -0.491. The third-order valence-electron chi connectivity index (χ3n) is 7.00. The molecule has 0 atom stereocenters. The van der Waals surface area contributed by atoms with Crippen molar-refractivity contribution in [3.63, 3.8) is 0 Å². The van der Waals surface area contributed by atoms with Gasteiger partial charge in [0.1, 0.15) is 17.4 Å². The Labute approximate surface area is 257 Å². The maximum absolute atomic E-state index is 13.7. The van der Waals surface area contributed by atoms with Crippen LogP contribution in [-0.2, 0) is 4.79 Å². The van der Waals surface area contributed by atoms with E-state index in [4.69, 9.17) is 10.5 Å². The van der Waals surface area contributed by atoms with Crippen molar-refractivity contribution in [1.29, 1.82) is 0 Å². The van der Waals surface area contributed by atoms with Gasteiger partial charge in [0.15, 0.2) is 5.71 Å². The molecule has 0 bridgehead atoms. The van der Waals surface area contributed by atoms with E-state index in [0.29, 0.717) is 75.4 Å². The van der Waals surface area contributed by atoms with Gasteiger partial charge in [-0.05, 0) is 61.9 Å². The molecule has 0 unspecified atom stereocenters. The van der Waals surface area contributed by atoms with Crippen LogP contribution in [0.3, 0.4) is 0 Å². The van der Waals surface area contributed by atoms with Crippen molar-refractivity contribution in [2.24, 2.45) is 10.2 Å². The number of nitrogens with zero attached hydrogens (tertiary/aromatic N) is 3. The molecule has 14 heteroatoms. The van der Waals surface area contributed by atoms with Crippen molar-refractivity contribution in [2.45, 2.75) is 13.8 Å². The van der Waals surface area contributed by atoms with Crippen molar-refractivity contribution in [3.8, 4) is 5.75 Å². The molecule has 3 heterocycles. The molecule has 5 rings (SSSR count). The Morgan fingerprint density at radius 3 is 2.64 bits per heavy atom. The number of aryl methyl sites for hydroxylation is 1. The predicted octanol–water partition coefficient (Wildman–Crippen LogP) is 3.63. The number of hydrogen-bond donors (Lipinski definition) is 6. The lowest BCUT2D eigenvalue weighted by Gasteiger charge is -2.10. The molecule has 0 saturated carbocycles. The Morgan fingerprint density at radius 2 is 1.91 bits per heavy atom. The minimum absolute atomic E-state index is 0.00158. The average Bonchev–Trinajstić information content (AvgIpc) is 3.49. The second-order valence-electron chi connectivity index (χ2n) is 10.0. The number of carbonyl (C=O) groups excluding carboxylic acids is 3. The van der Waals surface area contributed by atoms with Crippen molar-refractivity contribution in [2.75, 3.05) is 41.9 Å². The predicted molar refractivity (Wildman–Crippen MR) is 170 cm³/mol. The molecule has 0 radical (unpaired) electrons. The number of H-pyrrole nitrogens is 1. The van der Waals surface area contributed by atoms with Crippen molar-refractivity contribution in [1.82, 2.24) is 15.3 Å². The highest BCUT2D eigenvalue weighted by molar-refractivity contribution is 6.53. The number of aromatic amines is 1. The lowest BCUT2D eigenvalue weighted by molar-refractivity contribution is -0.110. The number of carbonyl (C=O) groups is 3. The Kier molecular flexibility index (Phi) is 8.84. The summed E-state index contributed by atoms with van der Waals surface area (Å²) in [7, 11) is 1.53. The fourth-order valence-corrected chi connectivity index (χ4v) is 4.68. The molecular formula is C31H30FN9O4. The number of halogens is 1. The molecule has 0 saturated heterocycles. The SMILES string of the molecule is COc1ccc(NC(=O)c2ccc(NCCNC(=O)c3c(C)[nH]c(C=NN=C4C(=O)Nc5ccc(F)cc54)c3C)nc2)c(N)c1. The number of nitrogens with one attached hydrogen (secondary N) is 5. The van der Waals surface area contributed by atoms with E-state index in [0.717, 1.165) is 0 Å². The molecular weight excluding hydrogens is 581 g/mol. The summed E-state index contributed by atoms with van der Waals surface area (Å²) in [4.78, 5) is 45.1. The highest BCUT2D eigenvalue weighted by atomic mass is 19.1. The molecule has 3 amide bonds. The van der Waals surface area contributed by atoms with Gasteiger partial charge in [-0.1, -0.05) is 0 Å². The molecule has 0 aliphatic carbocycles. The summed E-state index contributed by atoms with van der Waals surface area (Å²) < 4.78 is 18.8. The van der Waals surface area contributed by atoms with Crippen molar-refractivity contribution >= 4 is 52.5 Å². The van der Waals surface area contributed by atoms with Gasteiger partial charge in [0.2, 0.25) is 0 Å². The van der Waals surface area contributed by atoms with E-state index < -0.39 is 11.7 Å². The van der Waals surface area contributed by atoms with Gasteiger partial charge in [-0.25, -0.2) is 9.37 Å². The Balaban J connectivity index is 1.13. The van der Waals surface area contributed by atoms with Gasteiger partial charge in [-0.15, -0.1) is 5.10 Å². The van der Waals surface area contributed by atoms with E-state index in [-0.39, 0.29) is 17.5 Å². The Hall–Kier alpha value is -6.05. The Bertz CT molecular complexity index is 1850. The first kappa shape index (κ1) is 30.4. The summed E-state index contributed by atoms with van der Waals surface area (Å²) in [5, 5.41) is 19.3. The number of fused-ring (bicyclic) bond motifs is 1. The number of methoxy groups -OCH3 is 1. The number of ether oxygens (including phenoxy) is 1. The van der Waals surface area contributed by atoms with Crippen molar-refractivity contribution < 1.29 is 23.5 Å². The molecule has 0 spiro atoms. The molecule has 1 aliphatic rings. The van der Waals surface area contributed by atoms with Crippen LogP contribution in [0.5, 0.6) is 5.75 Å². The van der Waals surface area contributed by atoms with Crippen molar-refractivity contribution in [3.05, 3.63) is 94.2 Å². The van der Waals surface area contributed by atoms with E-state index >= 15 is 0 Å². The van der Waals surface area contributed by atoms with Gasteiger partial charge in [-0.2, -0.15) is 5.10 Å². The van der Waals surface area contributed by atoms with E-state index in [2.05, 4.69) is 41.4 Å². The van der Waals surface area contributed by atoms with E-state index in [9.17, 15) is 18.8 Å². The molecule has 230 valence electrons. The van der Waals surface area contributed by atoms with Gasteiger partial charge in [0, 0.05) is 36.6 Å². The maximum atomic E-state index is 13.7. The van der Waals surface area contributed by atoms with Crippen LogP contribution in [-0.4, -0.2) is 59.8 Å². The summed E-state index contributed by atoms with van der Waals surface area (Å²) in [5.74, 6) is -0.506. The molecule has 7 N–H and O–H groups in total. The second-order valence-corrected chi connectivity index (χ2v) is 10.0. The summed E-state index contributed by atoms with van der Waals surface area (Å²) in [6, 6.07) is 12.2. The largest absolute Gasteiger partial charge is 0.497 e. The van der Waals surface area contributed by atoms with Gasteiger partial charge in [0.25, 0.3) is 17.7 Å². The molecule has 2 aromatic carbocycles. The van der Waals surface area contributed by atoms with Crippen LogP contribution >= 0.6 is 0 Å². The number of anilines is 4. The maximum Gasteiger partial charge on any atom is 0.276 e. The average molecular weight is 612 g/mol. The quantitative estimate of drug-likeness (QED) is 0.0683. The number of pyridine rings is 1. The fourth-order valence-electron chi connectivity index (χ4n) is 4.68. The highest BCUT2D eigenvalue weighted by Gasteiger charge is 2.26. The van der Waals surface area contributed by atoms with E-state index in [1.54, 1.807) is 44.2 Å². The summed E-state index contributed by atoms with van der Waals surface area (Å²) in [5.41, 5.74) is 10.2. The first-order valence-electron chi connectivity index (χ1n) is 13.8. The number of benzene rings is 2. The number of rotatable bonds is 10. The molecule has 45 heavy (non-hydrogen) atoms. The Morgan fingerprint density at radius 1 is 1.09 bits per heavy atom. The molecule has 0 fully saturated rings. The first-order valence-corrected chi connectivity index (χ1v) is 13.8. The van der Waals surface area contributed by atoms with Crippen LogP contribution in [0.15, 0.2) is 64.9 Å². The zero-order valence-electron chi connectivity index (χ0n) is 24.6. The van der Waals surface area contributed by atoms with Gasteiger partial charge in [-0.3, -0.25) is 14.4 Å². The minimum Gasteiger partial charge on any atom is -0.497 e. The zero-order chi connectivity index (χ0) is 32.1. The third-order valence-corrected chi connectivity index (χ3v) is 7.00. The molecule has 2 aromatic heterocycles. The van der Waals surface area contributed by atoms with Crippen LogP contribution < -0.4 is 31.7 Å². The standard InChI is InChI=1S/C31H30FN9O4/c1-16-25(15-37-41-28-21-12-19(32)5-7-23(21)39-31(28)44)38-17(2)27(16)30(43)35-11-10-34-26-9-4-18(14-36-26)29(42)40-24-8-6-20(45-3)13-22(24)33/h4-9,12-15,38H,10-11,33H2,1-3H3,(H,34,36)(H,35,43)(H,40,42)(H,39,41,44). The van der Waals surface area contributed by atoms with Crippen LogP contribution in [0.4, 0.5) is 27.3 Å². The van der Waals surface area contributed by atoms with Crippen LogP contribution in [0.25, 0.3) is 0 Å². The lowest BCUT2D eigenvalue weighted by atomic mass is 10.1. The number of aromatic nitrogens is 2. The topological polar surface area (TPSA) is 188 Å². The normalized spacial score (nSPS) is 13.1. The van der Waals surface area contributed by atoms with Gasteiger partial charge < -0.3 is 36.7 Å². The first-order chi connectivity index (χ1) is 21.6. The highest BCUT2D eigenvalue weighted by Crippen LogP contribution is 2.25. The van der Waals surface area contributed by atoms with Gasteiger partial charge in [0.05, 0.1) is 47.2 Å². The zero-order valence-corrected chi connectivity index (χ0v) is 24.6. The molecule has 4 aromatic rings. The summed E-state index contributed by atoms with van der Waals surface area (Å²) >= 11 is 0. The number of nitrogen functional groups attached to an aromatic ring is 1. The smallest absolute Gasteiger partial charge is 0.276 e. The number of hydrogen-bond acceptors (Lipinski definition) is 9. The van der Waals surface area contributed by atoms with Crippen LogP contribution in [0.2, 0.25) is 0 Å². The monoisotopic (exact) mass is 611 g/mol. The number of amides is 3. The second kappa shape index (κ2) is 13.1. The van der Waals surface area contributed by atoms with Crippen LogP contribution in [0.1, 0.15) is 43.2 Å². The van der Waals surface area contributed by atoms with E-state index in [1.165, 1.54) is 37.7 Å². The third kappa shape index (κ3) is 6.80. The van der Waals surface area contributed by atoms with Crippen LogP contribution in [0, 0.1) is 19.7 Å². The molecule has 1 aliphatic heterocycles. The summed E-state index contributed by atoms with van der Waals surface area (Å²) in [6.45, 7) is 4.21. The van der Waals surface area contributed by atoms with Gasteiger partial charge >= 0.3 is 0 Å². The van der Waals surface area contributed by atoms with E-state index in [1.807, 2.05) is 0 Å².